The molecule has 2 rings (SSSR count). The fourth-order valence-corrected chi connectivity index (χ4v) is 3.25. The fraction of sp³-hybridized carbons (Fsp3) is 0.733. The Bertz CT molecular complexity index is 516. The number of hydrogen-bond donors (Lipinski definition) is 3. The zero-order valence-corrected chi connectivity index (χ0v) is 17.2. The molecule has 0 amide bonds. The number of nitrogens with one attached hydrogen (secondary N) is 2. The van der Waals surface area contributed by atoms with E-state index in [0.717, 1.165) is 23.2 Å². The van der Waals surface area contributed by atoms with Crippen molar-refractivity contribution in [3.63, 3.8) is 0 Å². The van der Waals surface area contributed by atoms with Crippen LogP contribution in [-0.4, -0.2) is 48.0 Å². The number of thiazole rings is 1. The van der Waals surface area contributed by atoms with Crippen LogP contribution in [0.15, 0.2) is 4.99 Å². The van der Waals surface area contributed by atoms with Crippen molar-refractivity contribution < 1.29 is 9.84 Å². The molecule has 1 aliphatic rings. The molecule has 0 unspecified atom stereocenters. The van der Waals surface area contributed by atoms with Crippen molar-refractivity contribution in [2.45, 2.75) is 45.8 Å². The molecule has 1 saturated heterocycles. The smallest absolute Gasteiger partial charge is 0.191 e. The van der Waals surface area contributed by atoms with E-state index in [1.54, 1.807) is 11.3 Å². The largest absolute Gasteiger partial charge is 0.388 e. The molecule has 23 heavy (non-hydrogen) atoms. The first-order chi connectivity index (χ1) is 10.5. The van der Waals surface area contributed by atoms with E-state index in [2.05, 4.69) is 20.6 Å². The number of aliphatic hydroxyl groups is 1. The van der Waals surface area contributed by atoms with Crippen LogP contribution in [0.3, 0.4) is 0 Å². The summed E-state index contributed by atoms with van der Waals surface area (Å²) in [5.41, 5.74) is 0.343. The van der Waals surface area contributed by atoms with Crippen LogP contribution in [0.5, 0.6) is 0 Å². The molecule has 0 aromatic carbocycles. The molecule has 1 aliphatic heterocycles. The monoisotopic (exact) mass is 454 g/mol. The van der Waals surface area contributed by atoms with E-state index < -0.39 is 5.60 Å². The lowest BCUT2D eigenvalue weighted by Crippen LogP contribution is -2.49. The SMILES string of the molecule is CCNC(=NCc1sc(C)nc1C)NCC1(O)CCOCC1.I. The van der Waals surface area contributed by atoms with E-state index >= 15 is 0 Å². The maximum atomic E-state index is 10.5. The molecule has 0 bridgehead atoms. The third kappa shape index (κ3) is 6.52. The summed E-state index contributed by atoms with van der Waals surface area (Å²) in [6, 6.07) is 0. The van der Waals surface area contributed by atoms with Gasteiger partial charge in [0.2, 0.25) is 0 Å². The summed E-state index contributed by atoms with van der Waals surface area (Å²) in [5, 5.41) is 18.0. The highest BCUT2D eigenvalue weighted by atomic mass is 127. The fourth-order valence-electron chi connectivity index (χ4n) is 2.39. The predicted octanol–water partition coefficient (Wildman–Crippen LogP) is 1.97. The lowest BCUT2D eigenvalue weighted by atomic mass is 9.94. The Morgan fingerprint density at radius 3 is 2.61 bits per heavy atom. The van der Waals surface area contributed by atoms with E-state index in [0.29, 0.717) is 39.1 Å². The zero-order valence-electron chi connectivity index (χ0n) is 14.0. The average molecular weight is 454 g/mol. The summed E-state index contributed by atoms with van der Waals surface area (Å²) in [5.74, 6) is 0.730. The number of nitrogens with zero attached hydrogens (tertiary/aromatic N) is 2. The summed E-state index contributed by atoms with van der Waals surface area (Å²) in [4.78, 5) is 10.2. The molecular formula is C15H27IN4O2S. The van der Waals surface area contributed by atoms with Gasteiger partial charge in [-0.05, 0) is 20.8 Å². The Hall–Kier alpha value is -0.450. The van der Waals surface area contributed by atoms with Crippen molar-refractivity contribution >= 4 is 41.3 Å². The molecule has 0 atom stereocenters. The van der Waals surface area contributed by atoms with Gasteiger partial charge in [0.1, 0.15) is 0 Å². The van der Waals surface area contributed by atoms with Crippen LogP contribution < -0.4 is 10.6 Å². The summed E-state index contributed by atoms with van der Waals surface area (Å²) < 4.78 is 5.30. The van der Waals surface area contributed by atoms with Gasteiger partial charge in [0.15, 0.2) is 5.96 Å². The standard InChI is InChI=1S/C15H26N4O2S.HI/c1-4-16-14(17-9-13-11(2)19-12(3)22-13)18-10-15(20)5-7-21-8-6-15;/h20H,4-10H2,1-3H3,(H2,16,17,18);1H. The van der Waals surface area contributed by atoms with E-state index in [1.807, 2.05) is 20.8 Å². The number of ether oxygens (including phenoxy) is 1. The zero-order chi connectivity index (χ0) is 16.0. The summed E-state index contributed by atoms with van der Waals surface area (Å²) in [7, 11) is 0. The molecule has 2 heterocycles. The van der Waals surface area contributed by atoms with Crippen LogP contribution in [0.4, 0.5) is 0 Å². The quantitative estimate of drug-likeness (QED) is 0.360. The third-order valence-corrected chi connectivity index (χ3v) is 4.79. The Morgan fingerprint density at radius 2 is 2.04 bits per heavy atom. The Labute approximate surface area is 159 Å². The van der Waals surface area contributed by atoms with Crippen LogP contribution in [0.25, 0.3) is 0 Å². The third-order valence-electron chi connectivity index (χ3n) is 3.73. The molecule has 3 N–H and O–H groups in total. The van der Waals surface area contributed by atoms with Gasteiger partial charge >= 0.3 is 0 Å². The van der Waals surface area contributed by atoms with Crippen molar-refractivity contribution in [3.05, 3.63) is 15.6 Å². The molecule has 0 spiro atoms. The van der Waals surface area contributed by atoms with E-state index in [9.17, 15) is 5.11 Å². The van der Waals surface area contributed by atoms with Gasteiger partial charge in [-0.1, -0.05) is 0 Å². The highest BCUT2D eigenvalue weighted by molar-refractivity contribution is 14.0. The molecule has 6 nitrogen and oxygen atoms in total. The van der Waals surface area contributed by atoms with Gasteiger partial charge < -0.3 is 20.5 Å². The molecule has 0 aliphatic carbocycles. The van der Waals surface area contributed by atoms with Gasteiger partial charge in [-0.15, -0.1) is 35.3 Å². The van der Waals surface area contributed by atoms with Gasteiger partial charge in [-0.2, -0.15) is 0 Å². The second-order valence-electron chi connectivity index (χ2n) is 5.63. The van der Waals surface area contributed by atoms with Gasteiger partial charge in [0.05, 0.1) is 22.8 Å². The topological polar surface area (TPSA) is 78.8 Å². The molecule has 0 radical (unpaired) electrons. The first-order valence-electron chi connectivity index (χ1n) is 7.77. The van der Waals surface area contributed by atoms with Gasteiger partial charge in [-0.25, -0.2) is 9.98 Å². The normalized spacial score (nSPS) is 17.5. The molecule has 0 saturated carbocycles. The molecule has 1 aromatic rings. The van der Waals surface area contributed by atoms with Crippen LogP contribution in [0, 0.1) is 13.8 Å². The summed E-state index contributed by atoms with van der Waals surface area (Å²) >= 11 is 1.68. The first-order valence-corrected chi connectivity index (χ1v) is 8.59. The lowest BCUT2D eigenvalue weighted by Gasteiger charge is -2.32. The molecule has 1 aromatic heterocycles. The Balaban J connectivity index is 0.00000264. The molecular weight excluding hydrogens is 427 g/mol. The lowest BCUT2D eigenvalue weighted by molar-refractivity contribution is -0.0594. The van der Waals surface area contributed by atoms with Crippen LogP contribution >= 0.6 is 35.3 Å². The highest BCUT2D eigenvalue weighted by Gasteiger charge is 2.29. The van der Waals surface area contributed by atoms with Crippen molar-refractivity contribution in [1.82, 2.24) is 15.6 Å². The van der Waals surface area contributed by atoms with Gasteiger partial charge in [0, 0.05) is 44.0 Å². The Morgan fingerprint density at radius 1 is 1.35 bits per heavy atom. The maximum absolute atomic E-state index is 10.5. The van der Waals surface area contributed by atoms with Crippen molar-refractivity contribution in [1.29, 1.82) is 0 Å². The van der Waals surface area contributed by atoms with E-state index in [1.165, 1.54) is 4.88 Å². The van der Waals surface area contributed by atoms with Crippen LogP contribution in [0.1, 0.15) is 35.3 Å². The minimum absolute atomic E-state index is 0. The molecule has 8 heteroatoms. The van der Waals surface area contributed by atoms with Crippen molar-refractivity contribution in [2.24, 2.45) is 4.99 Å². The first kappa shape index (κ1) is 20.6. The number of hydrogen-bond acceptors (Lipinski definition) is 5. The minimum Gasteiger partial charge on any atom is -0.388 e. The van der Waals surface area contributed by atoms with Crippen LogP contribution in [0.2, 0.25) is 0 Å². The van der Waals surface area contributed by atoms with Crippen LogP contribution in [-0.2, 0) is 11.3 Å². The second-order valence-corrected chi connectivity index (χ2v) is 6.91. The number of guanidine groups is 1. The maximum Gasteiger partial charge on any atom is 0.191 e. The molecule has 1 fully saturated rings. The number of aryl methyl sites for hydroxylation is 2. The van der Waals surface area contributed by atoms with Gasteiger partial charge in [-0.3, -0.25) is 0 Å². The highest BCUT2D eigenvalue weighted by Crippen LogP contribution is 2.19. The Kier molecular flexibility index (Phi) is 8.73. The van der Waals surface area contributed by atoms with Gasteiger partial charge in [0.25, 0.3) is 0 Å². The summed E-state index contributed by atoms with van der Waals surface area (Å²) in [6.45, 7) is 9.17. The summed E-state index contributed by atoms with van der Waals surface area (Å²) in [6.07, 6.45) is 1.32. The number of halogens is 1. The number of aromatic nitrogens is 1. The van der Waals surface area contributed by atoms with Crippen molar-refractivity contribution in [3.8, 4) is 0 Å². The number of rotatable bonds is 5. The molecule has 132 valence electrons. The number of aliphatic imine (C=N–C) groups is 1. The predicted molar refractivity (Wildman–Crippen MR) is 105 cm³/mol. The minimum atomic E-state index is -0.703. The van der Waals surface area contributed by atoms with E-state index in [-0.39, 0.29) is 24.0 Å². The average Bonchev–Trinajstić information content (AvgIpc) is 2.81. The van der Waals surface area contributed by atoms with E-state index in [4.69, 9.17) is 4.74 Å². The second kappa shape index (κ2) is 9.75. The van der Waals surface area contributed by atoms with Crippen molar-refractivity contribution in [2.75, 3.05) is 26.3 Å².